The van der Waals surface area contributed by atoms with Crippen LogP contribution in [0.1, 0.15) is 13.8 Å². The molecule has 0 saturated carbocycles. The fraction of sp³-hybridized carbons (Fsp3) is 0.238. The third-order valence-corrected chi connectivity index (χ3v) is 5.42. The number of ether oxygens (including phenoxy) is 3. The summed E-state index contributed by atoms with van der Waals surface area (Å²) < 4.78 is 17.4. The van der Waals surface area contributed by atoms with Gasteiger partial charge in [-0.3, -0.25) is 10.1 Å². The lowest BCUT2D eigenvalue weighted by Crippen LogP contribution is -2.42. The number of thiazole rings is 1. The Labute approximate surface area is 182 Å². The van der Waals surface area contributed by atoms with E-state index in [1.54, 1.807) is 40.2 Å². The number of carbonyl (C=O) groups is 1. The maximum Gasteiger partial charge on any atom is 0.269 e. The molecule has 0 aliphatic rings. The molecule has 0 bridgehead atoms. The Kier molecular flexibility index (Phi) is 6.44. The van der Waals surface area contributed by atoms with Crippen molar-refractivity contribution in [2.75, 3.05) is 19.5 Å². The molecule has 0 aliphatic carbocycles. The molecule has 1 N–H and O–H groups in total. The van der Waals surface area contributed by atoms with Gasteiger partial charge in [0.1, 0.15) is 5.75 Å². The lowest BCUT2D eigenvalue weighted by atomic mass is 10.1. The average Bonchev–Trinajstić information content (AvgIpc) is 3.17. The average molecular weight is 477 g/mol. The van der Waals surface area contributed by atoms with E-state index in [0.717, 1.165) is 15.7 Å². The van der Waals surface area contributed by atoms with Gasteiger partial charge in [0.2, 0.25) is 0 Å². The molecule has 1 heterocycles. The molecular weight excluding hydrogens is 456 g/mol. The molecule has 152 valence electrons. The van der Waals surface area contributed by atoms with Crippen molar-refractivity contribution in [1.82, 2.24) is 4.98 Å². The lowest BCUT2D eigenvalue weighted by Gasteiger charge is -2.24. The second-order valence-corrected chi connectivity index (χ2v) is 8.40. The molecule has 1 aromatic heterocycles. The number of amides is 1. The van der Waals surface area contributed by atoms with Gasteiger partial charge in [-0.1, -0.05) is 15.9 Å². The van der Waals surface area contributed by atoms with Crippen LogP contribution in [0.2, 0.25) is 0 Å². The van der Waals surface area contributed by atoms with Crippen molar-refractivity contribution in [3.8, 4) is 28.5 Å². The molecule has 2 aromatic carbocycles. The van der Waals surface area contributed by atoms with Gasteiger partial charge in [0.25, 0.3) is 5.91 Å². The Morgan fingerprint density at radius 2 is 1.76 bits per heavy atom. The first kappa shape index (κ1) is 21.1. The minimum atomic E-state index is -1.07. The molecule has 3 aromatic rings. The topological polar surface area (TPSA) is 69.7 Å². The zero-order valence-corrected chi connectivity index (χ0v) is 18.9. The molecule has 0 saturated heterocycles. The van der Waals surface area contributed by atoms with Crippen molar-refractivity contribution in [2.45, 2.75) is 19.4 Å². The van der Waals surface area contributed by atoms with Crippen molar-refractivity contribution in [3.05, 3.63) is 52.3 Å². The molecule has 0 fully saturated rings. The number of carbonyl (C=O) groups excluding carboxylic acids is 1. The van der Waals surface area contributed by atoms with Crippen LogP contribution in [-0.2, 0) is 4.79 Å². The number of anilines is 1. The highest BCUT2D eigenvalue weighted by atomic mass is 79.9. The molecule has 0 spiro atoms. The molecule has 29 heavy (non-hydrogen) atoms. The van der Waals surface area contributed by atoms with E-state index in [-0.39, 0.29) is 5.91 Å². The second-order valence-electron chi connectivity index (χ2n) is 6.63. The molecule has 0 unspecified atom stereocenters. The summed E-state index contributed by atoms with van der Waals surface area (Å²) in [6.45, 7) is 3.43. The van der Waals surface area contributed by atoms with E-state index in [1.807, 2.05) is 35.7 Å². The van der Waals surface area contributed by atoms with Gasteiger partial charge >= 0.3 is 0 Å². The Bertz CT molecular complexity index is 1000. The van der Waals surface area contributed by atoms with Crippen molar-refractivity contribution < 1.29 is 19.0 Å². The third kappa shape index (κ3) is 5.07. The predicted molar refractivity (Wildman–Crippen MR) is 118 cm³/mol. The minimum Gasteiger partial charge on any atom is -0.493 e. The van der Waals surface area contributed by atoms with Crippen molar-refractivity contribution in [1.29, 1.82) is 0 Å². The van der Waals surface area contributed by atoms with Crippen LogP contribution in [0.3, 0.4) is 0 Å². The number of halogens is 1. The number of methoxy groups -OCH3 is 2. The van der Waals surface area contributed by atoms with Crippen molar-refractivity contribution in [2.24, 2.45) is 0 Å². The zero-order chi connectivity index (χ0) is 21.0. The normalized spacial score (nSPS) is 11.1. The summed E-state index contributed by atoms with van der Waals surface area (Å²) in [6, 6.07) is 12.9. The van der Waals surface area contributed by atoms with Gasteiger partial charge in [-0.15, -0.1) is 11.3 Å². The van der Waals surface area contributed by atoms with Gasteiger partial charge < -0.3 is 14.2 Å². The highest BCUT2D eigenvalue weighted by molar-refractivity contribution is 9.10. The number of hydrogen-bond donors (Lipinski definition) is 1. The van der Waals surface area contributed by atoms with Crippen LogP contribution in [0, 0.1) is 0 Å². The molecule has 0 radical (unpaired) electrons. The number of nitrogens with one attached hydrogen (secondary N) is 1. The maximum atomic E-state index is 12.7. The van der Waals surface area contributed by atoms with Crippen LogP contribution < -0.4 is 19.5 Å². The van der Waals surface area contributed by atoms with Gasteiger partial charge in [0.15, 0.2) is 22.2 Å². The quantitative estimate of drug-likeness (QED) is 0.495. The van der Waals surface area contributed by atoms with E-state index in [0.29, 0.717) is 22.4 Å². The maximum absolute atomic E-state index is 12.7. The van der Waals surface area contributed by atoms with Crippen LogP contribution in [0.15, 0.2) is 52.3 Å². The van der Waals surface area contributed by atoms with Gasteiger partial charge in [-0.25, -0.2) is 4.98 Å². The summed E-state index contributed by atoms with van der Waals surface area (Å²) in [4.78, 5) is 17.2. The van der Waals surface area contributed by atoms with Gasteiger partial charge in [0.05, 0.1) is 19.9 Å². The Hall–Kier alpha value is -2.58. The summed E-state index contributed by atoms with van der Waals surface area (Å²) in [5, 5.41) is 5.20. The molecule has 1 amide bonds. The number of benzene rings is 2. The first-order valence-electron chi connectivity index (χ1n) is 8.76. The number of rotatable bonds is 7. The van der Waals surface area contributed by atoms with Crippen molar-refractivity contribution >= 4 is 38.3 Å². The molecule has 8 heteroatoms. The Morgan fingerprint density at radius 1 is 1.07 bits per heavy atom. The predicted octanol–water partition coefficient (Wildman–Crippen LogP) is 5.39. The van der Waals surface area contributed by atoms with Crippen LogP contribution in [0.5, 0.6) is 17.2 Å². The van der Waals surface area contributed by atoms with Gasteiger partial charge in [0, 0.05) is 15.4 Å². The fourth-order valence-electron chi connectivity index (χ4n) is 2.55. The second kappa shape index (κ2) is 8.84. The summed E-state index contributed by atoms with van der Waals surface area (Å²) in [5.74, 6) is 1.59. The highest BCUT2D eigenvalue weighted by Crippen LogP contribution is 2.33. The van der Waals surface area contributed by atoms with E-state index in [2.05, 4.69) is 26.2 Å². The third-order valence-electron chi connectivity index (χ3n) is 4.14. The van der Waals surface area contributed by atoms with E-state index in [1.165, 1.54) is 11.3 Å². The molecule has 6 nitrogen and oxygen atoms in total. The standard InChI is InChI=1S/C21H21BrN2O4S/c1-21(2,28-15-8-6-14(22)7-9-15)19(25)24-20-23-16(12-29-20)13-5-10-17(26-3)18(11-13)27-4/h5-12H,1-4H3,(H,23,24,25). The molecule has 3 rings (SSSR count). The van der Waals surface area contributed by atoms with Gasteiger partial charge in [-0.2, -0.15) is 0 Å². The first-order chi connectivity index (χ1) is 13.8. The van der Waals surface area contributed by atoms with Crippen LogP contribution in [-0.4, -0.2) is 30.7 Å². The minimum absolute atomic E-state index is 0.284. The SMILES string of the molecule is COc1ccc(-c2csc(NC(=O)C(C)(C)Oc3ccc(Br)cc3)n2)cc1OC. The lowest BCUT2D eigenvalue weighted by molar-refractivity contribution is -0.128. The number of aromatic nitrogens is 1. The van der Waals surface area contributed by atoms with E-state index >= 15 is 0 Å². The smallest absolute Gasteiger partial charge is 0.269 e. The summed E-state index contributed by atoms with van der Waals surface area (Å²) in [7, 11) is 3.17. The summed E-state index contributed by atoms with van der Waals surface area (Å²) >= 11 is 4.72. The molecule has 0 atom stereocenters. The van der Waals surface area contributed by atoms with Gasteiger partial charge in [-0.05, 0) is 56.3 Å². The van der Waals surface area contributed by atoms with Crippen LogP contribution >= 0.6 is 27.3 Å². The van der Waals surface area contributed by atoms with E-state index in [4.69, 9.17) is 14.2 Å². The number of nitrogens with zero attached hydrogens (tertiary/aromatic N) is 1. The Morgan fingerprint density at radius 3 is 2.41 bits per heavy atom. The first-order valence-corrected chi connectivity index (χ1v) is 10.4. The molecule has 0 aliphatic heterocycles. The van der Waals surface area contributed by atoms with E-state index in [9.17, 15) is 4.79 Å². The van der Waals surface area contributed by atoms with Crippen LogP contribution in [0.4, 0.5) is 5.13 Å². The fourth-order valence-corrected chi connectivity index (χ4v) is 3.53. The monoisotopic (exact) mass is 476 g/mol. The van der Waals surface area contributed by atoms with Crippen LogP contribution in [0.25, 0.3) is 11.3 Å². The summed E-state index contributed by atoms with van der Waals surface area (Å²) in [6.07, 6.45) is 0. The zero-order valence-electron chi connectivity index (χ0n) is 16.5. The molecular formula is C21H21BrN2O4S. The Balaban J connectivity index is 1.72. The van der Waals surface area contributed by atoms with Crippen molar-refractivity contribution in [3.63, 3.8) is 0 Å². The largest absolute Gasteiger partial charge is 0.493 e. The highest BCUT2D eigenvalue weighted by Gasteiger charge is 2.30. The summed E-state index contributed by atoms with van der Waals surface area (Å²) in [5.41, 5.74) is 0.533. The number of hydrogen-bond acceptors (Lipinski definition) is 6. The van der Waals surface area contributed by atoms with E-state index < -0.39 is 5.60 Å².